The molecular formula is C14H23NOS. The Morgan fingerprint density at radius 2 is 2.00 bits per heavy atom. The molecular weight excluding hydrogens is 230 g/mol. The first-order valence-corrected chi connectivity index (χ1v) is 7.21. The van der Waals surface area contributed by atoms with Crippen LogP contribution >= 0.6 is 11.8 Å². The third-order valence-corrected chi connectivity index (χ3v) is 3.73. The molecule has 1 rings (SSSR count). The number of nitrogens with one attached hydrogen (secondary N) is 1. The van der Waals surface area contributed by atoms with E-state index in [9.17, 15) is 0 Å². The molecule has 0 aliphatic heterocycles. The summed E-state index contributed by atoms with van der Waals surface area (Å²) in [5.41, 5.74) is 1.33. The van der Waals surface area contributed by atoms with Crippen LogP contribution in [0.2, 0.25) is 0 Å². The van der Waals surface area contributed by atoms with Gasteiger partial charge in [-0.05, 0) is 37.1 Å². The van der Waals surface area contributed by atoms with E-state index in [-0.39, 0.29) is 6.61 Å². The maximum Gasteiger partial charge on any atom is 0.0441 e. The fourth-order valence-corrected chi connectivity index (χ4v) is 2.55. The van der Waals surface area contributed by atoms with Gasteiger partial charge in [0, 0.05) is 23.3 Å². The maximum atomic E-state index is 8.86. The minimum Gasteiger partial charge on any atom is -0.396 e. The van der Waals surface area contributed by atoms with E-state index >= 15 is 0 Å². The first kappa shape index (κ1) is 14.6. The summed E-state index contributed by atoms with van der Waals surface area (Å²) < 4.78 is 0. The van der Waals surface area contributed by atoms with Gasteiger partial charge < -0.3 is 10.4 Å². The molecule has 0 radical (unpaired) electrons. The van der Waals surface area contributed by atoms with Crippen molar-refractivity contribution in [3.05, 3.63) is 29.8 Å². The average Bonchev–Trinajstić information content (AvgIpc) is 2.32. The molecule has 96 valence electrons. The summed E-state index contributed by atoms with van der Waals surface area (Å²) in [6.07, 6.45) is 2.02. The zero-order valence-electron chi connectivity index (χ0n) is 10.8. The molecule has 0 spiro atoms. The number of aliphatic hydroxyl groups excluding tert-OH is 1. The van der Waals surface area contributed by atoms with Crippen molar-refractivity contribution in [3.8, 4) is 0 Å². The van der Waals surface area contributed by atoms with Gasteiger partial charge in [-0.3, -0.25) is 0 Å². The Kier molecular flexibility index (Phi) is 7.33. The van der Waals surface area contributed by atoms with Crippen LogP contribution in [0.4, 0.5) is 0 Å². The summed E-state index contributed by atoms with van der Waals surface area (Å²) in [5.74, 6) is 0. The molecule has 0 bridgehead atoms. The van der Waals surface area contributed by atoms with Gasteiger partial charge in [0.05, 0.1) is 0 Å². The molecule has 2 N–H and O–H groups in total. The van der Waals surface area contributed by atoms with Crippen LogP contribution in [0, 0.1) is 0 Å². The number of aliphatic hydroxyl groups is 1. The van der Waals surface area contributed by atoms with Crippen LogP contribution in [0.1, 0.15) is 32.3 Å². The molecule has 1 aromatic carbocycles. The Hall–Kier alpha value is -0.510. The van der Waals surface area contributed by atoms with Crippen molar-refractivity contribution in [2.75, 3.05) is 13.2 Å². The monoisotopic (exact) mass is 253 g/mol. The molecule has 0 amide bonds. The summed E-state index contributed by atoms with van der Waals surface area (Å²) in [6, 6.07) is 8.69. The van der Waals surface area contributed by atoms with Crippen LogP contribution in [-0.4, -0.2) is 23.5 Å². The highest BCUT2D eigenvalue weighted by Gasteiger charge is 2.03. The Labute approximate surface area is 109 Å². The highest BCUT2D eigenvalue weighted by atomic mass is 32.2. The zero-order valence-corrected chi connectivity index (χ0v) is 11.6. The highest BCUT2D eigenvalue weighted by Crippen LogP contribution is 2.25. The van der Waals surface area contributed by atoms with Crippen molar-refractivity contribution >= 4 is 11.8 Å². The molecule has 0 aromatic heterocycles. The van der Waals surface area contributed by atoms with E-state index in [1.807, 2.05) is 11.8 Å². The third kappa shape index (κ3) is 6.10. The lowest BCUT2D eigenvalue weighted by molar-refractivity contribution is 0.289. The molecule has 0 heterocycles. The Morgan fingerprint density at radius 1 is 1.29 bits per heavy atom. The lowest BCUT2D eigenvalue weighted by Gasteiger charge is -2.10. The van der Waals surface area contributed by atoms with E-state index < -0.39 is 0 Å². The second kappa shape index (κ2) is 8.56. The number of rotatable bonds is 8. The first-order chi connectivity index (χ1) is 8.26. The van der Waals surface area contributed by atoms with Gasteiger partial charge in [-0.15, -0.1) is 11.8 Å². The van der Waals surface area contributed by atoms with Gasteiger partial charge in [-0.25, -0.2) is 0 Å². The molecule has 0 aliphatic carbocycles. The largest absolute Gasteiger partial charge is 0.396 e. The summed E-state index contributed by atoms with van der Waals surface area (Å²) in [7, 11) is 0. The number of benzene rings is 1. The topological polar surface area (TPSA) is 32.3 Å². The van der Waals surface area contributed by atoms with Crippen molar-refractivity contribution in [1.82, 2.24) is 5.32 Å². The molecule has 17 heavy (non-hydrogen) atoms. The lowest BCUT2D eigenvalue weighted by Crippen LogP contribution is -2.13. The van der Waals surface area contributed by atoms with Crippen LogP contribution in [0.25, 0.3) is 0 Å². The van der Waals surface area contributed by atoms with Crippen LogP contribution < -0.4 is 5.32 Å². The summed E-state index contributed by atoms with van der Waals surface area (Å²) in [6.45, 7) is 6.62. The van der Waals surface area contributed by atoms with Gasteiger partial charge in [0.1, 0.15) is 0 Å². The second-order valence-corrected chi connectivity index (χ2v) is 5.77. The first-order valence-electron chi connectivity index (χ1n) is 6.33. The van der Waals surface area contributed by atoms with E-state index in [1.54, 1.807) is 0 Å². The van der Waals surface area contributed by atoms with Crippen molar-refractivity contribution < 1.29 is 5.11 Å². The molecule has 1 atom stereocenters. The number of hydrogen-bond acceptors (Lipinski definition) is 3. The minimum absolute atomic E-state index is 0.271. The van der Waals surface area contributed by atoms with E-state index in [0.29, 0.717) is 5.25 Å². The summed E-state index contributed by atoms with van der Waals surface area (Å²) >= 11 is 1.82. The molecule has 0 saturated heterocycles. The fraction of sp³-hybridized carbons (Fsp3) is 0.571. The summed E-state index contributed by atoms with van der Waals surface area (Å²) in [5, 5.41) is 12.7. The Balaban J connectivity index is 2.39. The van der Waals surface area contributed by atoms with E-state index in [1.165, 1.54) is 16.9 Å². The number of thioether (sulfide) groups is 1. The second-order valence-electron chi connectivity index (χ2n) is 4.26. The standard InChI is InChI=1S/C14H23NOS/c1-3-9-15-11-13-4-6-14(7-5-13)17-12(2)8-10-16/h4-7,12,15-16H,3,8-11H2,1-2H3. The highest BCUT2D eigenvalue weighted by molar-refractivity contribution is 7.99. The molecule has 0 saturated carbocycles. The summed E-state index contributed by atoms with van der Waals surface area (Å²) in [4.78, 5) is 1.28. The zero-order chi connectivity index (χ0) is 12.5. The minimum atomic E-state index is 0.271. The molecule has 1 unspecified atom stereocenters. The predicted octanol–water partition coefficient (Wildman–Crippen LogP) is 3.05. The van der Waals surface area contributed by atoms with Gasteiger partial charge in [0.25, 0.3) is 0 Å². The smallest absolute Gasteiger partial charge is 0.0441 e. The average molecular weight is 253 g/mol. The van der Waals surface area contributed by atoms with E-state index in [4.69, 9.17) is 5.11 Å². The molecule has 0 aliphatic rings. The lowest BCUT2D eigenvalue weighted by atomic mass is 10.2. The Morgan fingerprint density at radius 3 is 2.59 bits per heavy atom. The van der Waals surface area contributed by atoms with Gasteiger partial charge in [-0.2, -0.15) is 0 Å². The van der Waals surface area contributed by atoms with Crippen LogP contribution in [-0.2, 0) is 6.54 Å². The normalized spacial score (nSPS) is 12.6. The third-order valence-electron chi connectivity index (χ3n) is 2.55. The van der Waals surface area contributed by atoms with Gasteiger partial charge in [-0.1, -0.05) is 26.0 Å². The van der Waals surface area contributed by atoms with Crippen molar-refractivity contribution in [1.29, 1.82) is 0 Å². The molecule has 3 heteroatoms. The molecule has 0 fully saturated rings. The van der Waals surface area contributed by atoms with Crippen molar-refractivity contribution in [2.45, 2.75) is 43.4 Å². The van der Waals surface area contributed by atoms with Crippen molar-refractivity contribution in [2.24, 2.45) is 0 Å². The number of hydrogen-bond donors (Lipinski definition) is 2. The molecule has 1 aromatic rings. The fourth-order valence-electron chi connectivity index (χ4n) is 1.57. The van der Waals surface area contributed by atoms with Gasteiger partial charge in [0.15, 0.2) is 0 Å². The van der Waals surface area contributed by atoms with Crippen LogP contribution in [0.15, 0.2) is 29.2 Å². The predicted molar refractivity (Wildman–Crippen MR) is 75.5 cm³/mol. The van der Waals surface area contributed by atoms with E-state index in [0.717, 1.165) is 19.5 Å². The van der Waals surface area contributed by atoms with Crippen molar-refractivity contribution in [3.63, 3.8) is 0 Å². The molecule has 2 nitrogen and oxygen atoms in total. The quantitative estimate of drug-likeness (QED) is 0.552. The van der Waals surface area contributed by atoms with Crippen LogP contribution in [0.3, 0.4) is 0 Å². The van der Waals surface area contributed by atoms with Crippen LogP contribution in [0.5, 0.6) is 0 Å². The Bertz CT molecular complexity index is 300. The van der Waals surface area contributed by atoms with Gasteiger partial charge in [0.2, 0.25) is 0 Å². The van der Waals surface area contributed by atoms with E-state index in [2.05, 4.69) is 43.4 Å². The van der Waals surface area contributed by atoms with Gasteiger partial charge >= 0.3 is 0 Å². The SMILES string of the molecule is CCCNCc1ccc(SC(C)CCO)cc1. The maximum absolute atomic E-state index is 8.86.